The Labute approximate surface area is 366 Å². The van der Waals surface area contributed by atoms with Crippen molar-refractivity contribution in [2.45, 2.75) is 146 Å². The molecule has 1 unspecified atom stereocenters. The minimum atomic E-state index is -3.84. The SMILES string of the molecule is COc1ccc2c(O[C@@H]3C[C@H]4C(=O)C[C@]5(P(=O)(O)Cc6cccs6)C[C@H]5CCCCCCC[C@H](CC(=O)OC5CCCC5)C(=O)N4C3)cc(-c3csc(NC(C)C)n3)nc2c1. The third-order valence-electron chi connectivity index (χ3n) is 13.2. The van der Waals surface area contributed by atoms with Gasteiger partial charge in [0.15, 0.2) is 10.9 Å². The number of nitrogens with zero attached hydrogens (tertiary/aromatic N) is 3. The number of rotatable bonds is 12. The second-order valence-electron chi connectivity index (χ2n) is 17.9. The molecule has 6 atom stereocenters. The molecule has 2 N–H and O–H groups in total. The van der Waals surface area contributed by atoms with Crippen LogP contribution in [0.1, 0.15) is 115 Å². The summed E-state index contributed by atoms with van der Waals surface area (Å²) >= 11 is 2.95. The molecule has 5 heterocycles. The van der Waals surface area contributed by atoms with Crippen LogP contribution in [-0.4, -0.2) is 80.5 Å². The number of hydrogen-bond acceptors (Lipinski definition) is 12. The lowest BCUT2D eigenvalue weighted by Crippen LogP contribution is -2.45. The largest absolute Gasteiger partial charge is 0.497 e. The Hall–Kier alpha value is -3.84. The van der Waals surface area contributed by atoms with Gasteiger partial charge < -0.3 is 29.3 Å². The van der Waals surface area contributed by atoms with E-state index in [2.05, 4.69) is 19.2 Å². The van der Waals surface area contributed by atoms with Gasteiger partial charge in [-0.3, -0.25) is 18.9 Å². The van der Waals surface area contributed by atoms with Crippen LogP contribution in [0.2, 0.25) is 0 Å². The van der Waals surface area contributed by atoms with Gasteiger partial charge in [-0.05, 0) is 88.3 Å². The molecule has 12 nitrogen and oxygen atoms in total. The number of aromatic nitrogens is 2. The van der Waals surface area contributed by atoms with E-state index in [0.29, 0.717) is 41.2 Å². The fourth-order valence-electron chi connectivity index (χ4n) is 9.85. The number of thiophene rings is 1. The molecule has 0 radical (unpaired) electrons. The van der Waals surface area contributed by atoms with Crippen molar-refractivity contribution in [2.75, 3.05) is 19.0 Å². The molecule has 2 aliphatic carbocycles. The molecule has 0 bridgehead atoms. The summed E-state index contributed by atoms with van der Waals surface area (Å²) in [7, 11) is -2.24. The van der Waals surface area contributed by atoms with Gasteiger partial charge in [-0.2, -0.15) is 0 Å². The molecule has 4 aromatic rings. The molecule has 3 aromatic heterocycles. The molecule has 1 amide bonds. The maximum absolute atomic E-state index is 14.9. The van der Waals surface area contributed by atoms with E-state index in [4.69, 9.17) is 24.2 Å². The van der Waals surface area contributed by atoms with Crippen LogP contribution in [0, 0.1) is 11.8 Å². The van der Waals surface area contributed by atoms with Crippen LogP contribution in [0.3, 0.4) is 0 Å². The molecule has 1 aromatic carbocycles. The van der Waals surface area contributed by atoms with Crippen LogP contribution in [-0.2, 0) is 29.8 Å². The number of pyridine rings is 1. The van der Waals surface area contributed by atoms with E-state index in [1.54, 1.807) is 12.0 Å². The summed E-state index contributed by atoms with van der Waals surface area (Å²) in [5, 5.41) is 7.70. The molecule has 0 spiro atoms. The smallest absolute Gasteiger partial charge is 0.306 e. The number of anilines is 1. The number of benzene rings is 1. The van der Waals surface area contributed by atoms with Gasteiger partial charge >= 0.3 is 5.97 Å². The first kappa shape index (κ1) is 43.8. The highest BCUT2D eigenvalue weighted by Gasteiger charge is 2.65. The van der Waals surface area contributed by atoms with Gasteiger partial charge in [0, 0.05) is 52.6 Å². The number of methoxy groups -OCH3 is 1. The lowest BCUT2D eigenvalue weighted by atomic mass is 9.94. The predicted molar refractivity (Wildman–Crippen MR) is 240 cm³/mol. The van der Waals surface area contributed by atoms with Gasteiger partial charge in [0.05, 0.1) is 48.6 Å². The van der Waals surface area contributed by atoms with Gasteiger partial charge in [0.1, 0.15) is 29.4 Å². The number of ketones is 1. The number of carbonyl (C=O) groups is 3. The third kappa shape index (κ3) is 10.0. The molecule has 2 aliphatic heterocycles. The first-order valence-corrected chi connectivity index (χ1v) is 25.8. The molecular formula is C46H59N4O8PS2. The Morgan fingerprint density at radius 2 is 1.75 bits per heavy atom. The van der Waals surface area contributed by atoms with Crippen LogP contribution < -0.4 is 14.8 Å². The number of Topliss-reactive ketones (excluding diaryl/α,β-unsaturated/α-hetero) is 1. The molecule has 4 aliphatic rings. The van der Waals surface area contributed by atoms with E-state index >= 15 is 0 Å². The third-order valence-corrected chi connectivity index (χ3v) is 17.9. The quantitative estimate of drug-likeness (QED) is 0.103. The average molecular weight is 891 g/mol. The summed E-state index contributed by atoms with van der Waals surface area (Å²) in [6.45, 7) is 4.24. The monoisotopic (exact) mass is 890 g/mol. The van der Waals surface area contributed by atoms with Crippen LogP contribution in [0.5, 0.6) is 11.5 Å². The lowest BCUT2D eigenvalue weighted by Gasteiger charge is -2.30. The molecule has 15 heteroatoms. The Bertz CT molecular complexity index is 2240. The van der Waals surface area contributed by atoms with Crippen molar-refractivity contribution in [3.05, 3.63) is 52.0 Å². The topological polar surface area (TPSA) is 157 Å². The molecule has 328 valence electrons. The zero-order valence-electron chi connectivity index (χ0n) is 35.5. The number of fused-ring (bicyclic) bond motifs is 3. The van der Waals surface area contributed by atoms with Crippen molar-refractivity contribution in [2.24, 2.45) is 11.8 Å². The minimum Gasteiger partial charge on any atom is -0.497 e. The summed E-state index contributed by atoms with van der Waals surface area (Å²) in [4.78, 5) is 67.4. The minimum absolute atomic E-state index is 0.0337. The van der Waals surface area contributed by atoms with E-state index in [-0.39, 0.29) is 67.7 Å². The second kappa shape index (κ2) is 18.9. The second-order valence-corrected chi connectivity index (χ2v) is 22.4. The van der Waals surface area contributed by atoms with Crippen molar-refractivity contribution in [3.63, 3.8) is 0 Å². The lowest BCUT2D eigenvalue weighted by molar-refractivity contribution is -0.154. The Morgan fingerprint density at radius 1 is 0.984 bits per heavy atom. The number of carbonyl (C=O) groups excluding carboxylic acids is 3. The number of amides is 1. The fraction of sp³-hybridized carbons (Fsp3) is 0.587. The zero-order valence-corrected chi connectivity index (χ0v) is 38.0. The van der Waals surface area contributed by atoms with Crippen LogP contribution >= 0.6 is 30.0 Å². The van der Waals surface area contributed by atoms with Crippen molar-refractivity contribution in [1.82, 2.24) is 14.9 Å². The Balaban J connectivity index is 1.12. The van der Waals surface area contributed by atoms with Crippen LogP contribution in [0.15, 0.2) is 47.2 Å². The fourth-order valence-corrected chi connectivity index (χ4v) is 14.5. The van der Waals surface area contributed by atoms with E-state index in [1.165, 1.54) is 22.7 Å². The predicted octanol–water partition coefficient (Wildman–Crippen LogP) is 10.0. The van der Waals surface area contributed by atoms with E-state index in [0.717, 1.165) is 79.6 Å². The van der Waals surface area contributed by atoms with Crippen molar-refractivity contribution < 1.29 is 38.1 Å². The van der Waals surface area contributed by atoms with Crippen LogP contribution in [0.4, 0.5) is 5.13 Å². The van der Waals surface area contributed by atoms with Crippen molar-refractivity contribution >= 4 is 63.7 Å². The van der Waals surface area contributed by atoms with Gasteiger partial charge in [-0.1, -0.05) is 38.2 Å². The zero-order chi connectivity index (χ0) is 42.7. The molecule has 4 fully saturated rings. The molecular weight excluding hydrogens is 832 g/mol. The van der Waals surface area contributed by atoms with E-state index in [9.17, 15) is 23.8 Å². The van der Waals surface area contributed by atoms with Gasteiger partial charge in [0.25, 0.3) is 0 Å². The van der Waals surface area contributed by atoms with Crippen molar-refractivity contribution in [1.29, 1.82) is 0 Å². The first-order chi connectivity index (χ1) is 29.4. The first-order valence-electron chi connectivity index (χ1n) is 22.2. The highest BCUT2D eigenvalue weighted by molar-refractivity contribution is 7.59. The normalized spacial score (nSPS) is 26.3. The summed E-state index contributed by atoms with van der Waals surface area (Å²) in [6.07, 6.45) is 9.56. The number of hydrogen-bond donors (Lipinski definition) is 2. The molecule has 2 saturated heterocycles. The summed E-state index contributed by atoms with van der Waals surface area (Å²) in [6, 6.07) is 10.5. The van der Waals surface area contributed by atoms with Gasteiger partial charge in [-0.15, -0.1) is 22.7 Å². The molecule has 2 saturated carbocycles. The maximum Gasteiger partial charge on any atom is 0.306 e. The number of thiazole rings is 1. The average Bonchev–Trinajstić information content (AvgIpc) is 3.86. The van der Waals surface area contributed by atoms with E-state index < -0.39 is 30.6 Å². The summed E-state index contributed by atoms with van der Waals surface area (Å²) < 4.78 is 32.8. The number of ether oxygens (including phenoxy) is 3. The molecule has 61 heavy (non-hydrogen) atoms. The van der Waals surface area contributed by atoms with E-state index in [1.807, 2.05) is 47.2 Å². The molecule has 8 rings (SSSR count). The Kier molecular flexibility index (Phi) is 13.5. The summed E-state index contributed by atoms with van der Waals surface area (Å²) in [5.41, 5.74) is 1.93. The standard InChI is InChI=1S/C46H59N4O8PS2/c1-29(2)47-45-49-39(28-61-45)38-23-42(36-18-17-33(56-3)21-37(36)48-38)57-34-22-40-41(51)25-46(59(54,55)27-35-16-11-19-60-35)24-31(46)13-8-6-4-5-7-12-30(44(53)50(40)26-34)20-43(52)58-32-14-9-10-15-32/h11,16-19,21,23,28-32,34,40H,4-10,12-15,20,22,24-27H2,1-3H3,(H,47,49)(H,54,55)/t30-,31-,34-,40+,46-/m1/s1. The number of nitrogens with one attached hydrogen (secondary N) is 1. The Morgan fingerprint density at radius 3 is 2.51 bits per heavy atom. The van der Waals surface area contributed by atoms with Gasteiger partial charge in [-0.25, -0.2) is 9.97 Å². The highest BCUT2D eigenvalue weighted by atomic mass is 32.1. The highest BCUT2D eigenvalue weighted by Crippen LogP contribution is 2.75. The number of esters is 1. The maximum atomic E-state index is 14.9. The van der Waals surface area contributed by atoms with Crippen LogP contribution in [0.25, 0.3) is 22.3 Å². The van der Waals surface area contributed by atoms with Crippen molar-refractivity contribution in [3.8, 4) is 22.9 Å². The van der Waals surface area contributed by atoms with Gasteiger partial charge in [0.2, 0.25) is 13.3 Å². The summed E-state index contributed by atoms with van der Waals surface area (Å²) in [5.74, 6) is -0.363.